The lowest BCUT2D eigenvalue weighted by atomic mass is 9.86. The van der Waals surface area contributed by atoms with Gasteiger partial charge in [-0.15, -0.1) is 0 Å². The minimum absolute atomic E-state index is 0.196. The molecule has 3 heteroatoms. The van der Waals surface area contributed by atoms with E-state index in [1.165, 1.54) is 11.8 Å². The maximum atomic E-state index is 10.8. The number of rotatable bonds is 1. The number of carbonyl (C=O) groups excluding carboxylic acids is 1. The van der Waals surface area contributed by atoms with Crippen molar-refractivity contribution in [1.29, 1.82) is 0 Å². The van der Waals surface area contributed by atoms with E-state index in [2.05, 4.69) is 0 Å². The molecule has 0 aromatic heterocycles. The molecule has 0 amide bonds. The maximum absolute atomic E-state index is 10.8. The van der Waals surface area contributed by atoms with Gasteiger partial charge in [-0.05, 0) is 32.6 Å². The second-order valence-electron chi connectivity index (χ2n) is 3.81. The predicted molar refractivity (Wildman–Crippen MR) is 51.2 cm³/mol. The van der Waals surface area contributed by atoms with E-state index in [9.17, 15) is 9.90 Å². The zero-order valence-electron chi connectivity index (χ0n) is 7.67. The molecule has 0 spiro atoms. The van der Waals surface area contributed by atoms with E-state index in [4.69, 9.17) is 0 Å². The molecule has 0 unspecified atom stereocenters. The minimum Gasteiger partial charge on any atom is -0.390 e. The van der Waals surface area contributed by atoms with Crippen molar-refractivity contribution in [2.24, 2.45) is 0 Å². The lowest BCUT2D eigenvalue weighted by molar-refractivity contribution is -0.109. The molecule has 1 rings (SSSR count). The van der Waals surface area contributed by atoms with Crippen LogP contribution in [0.2, 0.25) is 0 Å². The van der Waals surface area contributed by atoms with Crippen LogP contribution in [0.15, 0.2) is 0 Å². The molecule has 1 saturated carbocycles. The van der Waals surface area contributed by atoms with Gasteiger partial charge in [0.05, 0.1) is 5.60 Å². The Morgan fingerprint density at radius 1 is 1.50 bits per heavy atom. The van der Waals surface area contributed by atoms with E-state index in [1.807, 2.05) is 6.92 Å². The van der Waals surface area contributed by atoms with Crippen molar-refractivity contribution in [3.8, 4) is 0 Å². The number of hydrogen-bond donors (Lipinski definition) is 1. The molecule has 0 aliphatic heterocycles. The Morgan fingerprint density at radius 2 is 2.00 bits per heavy atom. The summed E-state index contributed by atoms with van der Waals surface area (Å²) in [6.45, 7) is 3.49. The van der Waals surface area contributed by atoms with Crippen LogP contribution in [-0.4, -0.2) is 21.1 Å². The van der Waals surface area contributed by atoms with Crippen LogP contribution >= 0.6 is 11.8 Å². The van der Waals surface area contributed by atoms with Gasteiger partial charge in [0.1, 0.15) is 0 Å². The van der Waals surface area contributed by atoms with E-state index in [1.54, 1.807) is 6.92 Å². The molecule has 1 N–H and O–H groups in total. The van der Waals surface area contributed by atoms with Crippen molar-refractivity contribution >= 4 is 16.9 Å². The summed E-state index contributed by atoms with van der Waals surface area (Å²) in [4.78, 5) is 10.8. The fourth-order valence-electron chi connectivity index (χ4n) is 1.57. The van der Waals surface area contributed by atoms with Crippen LogP contribution in [0.1, 0.15) is 39.5 Å². The minimum atomic E-state index is -0.478. The molecule has 70 valence electrons. The van der Waals surface area contributed by atoms with Gasteiger partial charge in [0.25, 0.3) is 0 Å². The molecule has 1 aliphatic rings. The molecular weight excluding hydrogens is 172 g/mol. The summed E-state index contributed by atoms with van der Waals surface area (Å²) in [6.07, 6.45) is 3.60. The third kappa shape index (κ3) is 3.15. The highest BCUT2D eigenvalue weighted by Gasteiger charge is 2.29. The van der Waals surface area contributed by atoms with Crippen molar-refractivity contribution in [2.45, 2.75) is 50.4 Å². The molecule has 0 radical (unpaired) electrons. The van der Waals surface area contributed by atoms with Gasteiger partial charge in [-0.2, -0.15) is 0 Å². The van der Waals surface area contributed by atoms with Crippen molar-refractivity contribution < 1.29 is 9.90 Å². The fourth-order valence-corrected chi connectivity index (χ4v) is 2.51. The van der Waals surface area contributed by atoms with Crippen LogP contribution in [0, 0.1) is 0 Å². The van der Waals surface area contributed by atoms with Gasteiger partial charge < -0.3 is 5.11 Å². The highest BCUT2D eigenvalue weighted by atomic mass is 32.2. The zero-order valence-corrected chi connectivity index (χ0v) is 8.49. The summed E-state index contributed by atoms with van der Waals surface area (Å²) < 4.78 is 0. The van der Waals surface area contributed by atoms with E-state index in [0.717, 1.165) is 25.7 Å². The standard InChI is InChI=1S/C9H16O2S/c1-7(10)12-8-3-5-9(2,11)6-4-8/h8,11H,3-6H2,1-2H3. The largest absolute Gasteiger partial charge is 0.390 e. The second kappa shape index (κ2) is 3.79. The Balaban J connectivity index is 2.31. The summed E-state index contributed by atoms with van der Waals surface area (Å²) in [6, 6.07) is 0. The number of thioether (sulfide) groups is 1. The van der Waals surface area contributed by atoms with Crippen LogP contribution < -0.4 is 0 Å². The second-order valence-corrected chi connectivity index (χ2v) is 5.28. The molecule has 0 saturated heterocycles. The number of aliphatic hydroxyl groups is 1. The third-order valence-electron chi connectivity index (χ3n) is 2.34. The van der Waals surface area contributed by atoms with Crippen LogP contribution in [-0.2, 0) is 4.79 Å². The van der Waals surface area contributed by atoms with Crippen LogP contribution in [0.3, 0.4) is 0 Å². The molecule has 1 fully saturated rings. The summed E-state index contributed by atoms with van der Waals surface area (Å²) in [5.74, 6) is 0. The molecular formula is C9H16O2S. The lowest BCUT2D eigenvalue weighted by Gasteiger charge is -2.32. The summed E-state index contributed by atoms with van der Waals surface area (Å²) in [5, 5.41) is 10.3. The molecule has 1 aliphatic carbocycles. The summed E-state index contributed by atoms with van der Waals surface area (Å²) >= 11 is 1.43. The monoisotopic (exact) mass is 188 g/mol. The van der Waals surface area contributed by atoms with Gasteiger partial charge in [0.15, 0.2) is 5.12 Å². The van der Waals surface area contributed by atoms with Crippen LogP contribution in [0.25, 0.3) is 0 Å². The van der Waals surface area contributed by atoms with Gasteiger partial charge in [-0.25, -0.2) is 0 Å². The average molecular weight is 188 g/mol. The topological polar surface area (TPSA) is 37.3 Å². The Hall–Kier alpha value is -0.0200. The number of carbonyl (C=O) groups is 1. The van der Waals surface area contributed by atoms with Crippen molar-refractivity contribution in [1.82, 2.24) is 0 Å². The van der Waals surface area contributed by atoms with Gasteiger partial charge in [0.2, 0.25) is 0 Å². The van der Waals surface area contributed by atoms with Crippen molar-refractivity contribution in [3.05, 3.63) is 0 Å². The Bertz CT molecular complexity index is 167. The van der Waals surface area contributed by atoms with Gasteiger partial charge in [0, 0.05) is 12.2 Å². The zero-order chi connectivity index (χ0) is 9.19. The molecule has 2 nitrogen and oxygen atoms in total. The summed E-state index contributed by atoms with van der Waals surface area (Å²) in [7, 11) is 0. The first-order valence-electron chi connectivity index (χ1n) is 4.39. The van der Waals surface area contributed by atoms with Crippen LogP contribution in [0.4, 0.5) is 0 Å². The average Bonchev–Trinajstić information content (AvgIpc) is 1.93. The van der Waals surface area contributed by atoms with Crippen molar-refractivity contribution in [2.75, 3.05) is 0 Å². The predicted octanol–water partition coefficient (Wildman–Crippen LogP) is 1.96. The van der Waals surface area contributed by atoms with Gasteiger partial charge in [-0.3, -0.25) is 4.79 Å². The van der Waals surface area contributed by atoms with E-state index < -0.39 is 5.60 Å². The molecule has 0 aromatic carbocycles. The molecule has 0 bridgehead atoms. The normalized spacial score (nSPS) is 36.4. The molecule has 0 atom stereocenters. The van der Waals surface area contributed by atoms with E-state index in [0.29, 0.717) is 5.25 Å². The maximum Gasteiger partial charge on any atom is 0.186 e. The molecule has 0 heterocycles. The summed E-state index contributed by atoms with van der Waals surface area (Å²) in [5.41, 5.74) is -0.478. The van der Waals surface area contributed by atoms with E-state index >= 15 is 0 Å². The highest BCUT2D eigenvalue weighted by Crippen LogP contribution is 2.34. The van der Waals surface area contributed by atoms with E-state index in [-0.39, 0.29) is 5.12 Å². The molecule has 0 aromatic rings. The first-order valence-corrected chi connectivity index (χ1v) is 5.27. The SMILES string of the molecule is CC(=O)SC1CCC(C)(O)CC1. The number of hydrogen-bond acceptors (Lipinski definition) is 3. The fraction of sp³-hybridized carbons (Fsp3) is 0.889. The van der Waals surface area contributed by atoms with Gasteiger partial charge >= 0.3 is 0 Å². The van der Waals surface area contributed by atoms with Crippen molar-refractivity contribution in [3.63, 3.8) is 0 Å². The lowest BCUT2D eigenvalue weighted by Crippen LogP contribution is -2.31. The Labute approximate surface area is 77.7 Å². The van der Waals surface area contributed by atoms with Crippen LogP contribution in [0.5, 0.6) is 0 Å². The Morgan fingerprint density at radius 3 is 2.42 bits per heavy atom. The molecule has 12 heavy (non-hydrogen) atoms. The third-order valence-corrected chi connectivity index (χ3v) is 3.48. The quantitative estimate of drug-likeness (QED) is 0.683. The van der Waals surface area contributed by atoms with Gasteiger partial charge in [-0.1, -0.05) is 11.8 Å². The Kier molecular flexibility index (Phi) is 3.18. The smallest absolute Gasteiger partial charge is 0.186 e. The first kappa shape index (κ1) is 10.1. The first-order chi connectivity index (χ1) is 5.49. The highest BCUT2D eigenvalue weighted by molar-refractivity contribution is 8.14.